The van der Waals surface area contributed by atoms with Gasteiger partial charge >= 0.3 is 0 Å². The van der Waals surface area contributed by atoms with Gasteiger partial charge in [-0.3, -0.25) is 4.79 Å². The zero-order valence-electron chi connectivity index (χ0n) is 15.2. The van der Waals surface area contributed by atoms with Crippen molar-refractivity contribution in [2.24, 2.45) is 0 Å². The molecule has 4 heteroatoms. The Morgan fingerprint density at radius 2 is 2.00 bits per heavy atom. The molecule has 1 aliphatic carbocycles. The van der Waals surface area contributed by atoms with Gasteiger partial charge in [-0.15, -0.1) is 0 Å². The van der Waals surface area contributed by atoms with Crippen molar-refractivity contribution in [3.8, 4) is 11.5 Å². The molecule has 4 nitrogen and oxygen atoms in total. The number of hydrogen-bond donors (Lipinski definition) is 1. The Labute approximate surface area is 153 Å². The van der Waals surface area contributed by atoms with E-state index in [1.165, 1.54) is 16.7 Å². The molecular formula is C22H23NO3. The minimum Gasteiger partial charge on any atom is -0.497 e. The van der Waals surface area contributed by atoms with Gasteiger partial charge in [-0.05, 0) is 60.2 Å². The van der Waals surface area contributed by atoms with Crippen LogP contribution in [0.4, 0.5) is 0 Å². The van der Waals surface area contributed by atoms with E-state index >= 15 is 0 Å². The minimum absolute atomic E-state index is 0.0613. The largest absolute Gasteiger partial charge is 0.497 e. The second kappa shape index (κ2) is 6.87. The number of ether oxygens (including phenoxy) is 2. The van der Waals surface area contributed by atoms with Crippen LogP contribution >= 0.6 is 0 Å². The zero-order valence-corrected chi connectivity index (χ0v) is 15.2. The molecule has 1 unspecified atom stereocenters. The zero-order chi connectivity index (χ0) is 18.1. The highest BCUT2D eigenvalue weighted by atomic mass is 16.5. The molecule has 1 aliphatic heterocycles. The Hall–Kier alpha value is -2.75. The summed E-state index contributed by atoms with van der Waals surface area (Å²) < 4.78 is 11.2. The molecule has 2 aromatic carbocycles. The summed E-state index contributed by atoms with van der Waals surface area (Å²) in [6, 6.07) is 14.0. The number of carbonyl (C=O) groups is 1. The summed E-state index contributed by atoms with van der Waals surface area (Å²) in [7, 11) is 1.66. The van der Waals surface area contributed by atoms with E-state index in [4.69, 9.17) is 9.47 Å². The summed E-state index contributed by atoms with van der Waals surface area (Å²) in [6.45, 7) is 2.65. The lowest BCUT2D eigenvalue weighted by atomic mass is 9.77. The Bertz CT molecular complexity index is 885. The van der Waals surface area contributed by atoms with E-state index in [1.54, 1.807) is 7.11 Å². The molecule has 0 bridgehead atoms. The van der Waals surface area contributed by atoms with Gasteiger partial charge in [0.2, 0.25) is 5.91 Å². The molecule has 1 heterocycles. The first-order chi connectivity index (χ1) is 12.7. The van der Waals surface area contributed by atoms with Crippen molar-refractivity contribution >= 4 is 11.5 Å². The van der Waals surface area contributed by atoms with Gasteiger partial charge in [-0.2, -0.15) is 0 Å². The number of hydrogen-bond acceptors (Lipinski definition) is 3. The molecule has 2 aliphatic rings. The Morgan fingerprint density at radius 1 is 1.15 bits per heavy atom. The van der Waals surface area contributed by atoms with Crippen molar-refractivity contribution in [3.05, 3.63) is 64.7 Å². The normalized spacial score (nSPS) is 18.7. The van der Waals surface area contributed by atoms with Crippen LogP contribution in [0, 0.1) is 0 Å². The molecular weight excluding hydrogens is 326 g/mol. The first kappa shape index (κ1) is 16.7. The van der Waals surface area contributed by atoms with Crippen molar-refractivity contribution < 1.29 is 14.3 Å². The van der Waals surface area contributed by atoms with Gasteiger partial charge in [0.1, 0.15) is 11.5 Å². The van der Waals surface area contributed by atoms with Gasteiger partial charge in [0.15, 0.2) is 0 Å². The number of methoxy groups -OCH3 is 1. The molecule has 0 saturated carbocycles. The molecule has 4 rings (SSSR count). The Morgan fingerprint density at radius 3 is 2.81 bits per heavy atom. The van der Waals surface area contributed by atoms with Crippen LogP contribution in [0.1, 0.15) is 42.5 Å². The Kier molecular flexibility index (Phi) is 4.41. The molecule has 1 atom stereocenters. The van der Waals surface area contributed by atoms with Crippen LogP contribution in [0.15, 0.2) is 48.0 Å². The minimum atomic E-state index is -0.0924. The average Bonchev–Trinajstić information content (AvgIpc) is 2.67. The van der Waals surface area contributed by atoms with E-state index in [2.05, 4.69) is 17.4 Å². The number of nitrogens with one attached hydrogen (secondary N) is 1. The third-order valence-corrected chi connectivity index (χ3v) is 5.21. The van der Waals surface area contributed by atoms with Gasteiger partial charge < -0.3 is 14.8 Å². The lowest BCUT2D eigenvalue weighted by molar-refractivity contribution is -0.121. The summed E-state index contributed by atoms with van der Waals surface area (Å²) >= 11 is 0. The summed E-state index contributed by atoms with van der Waals surface area (Å²) in [5.74, 6) is 1.81. The number of benzene rings is 2. The van der Waals surface area contributed by atoms with Crippen LogP contribution in [0.3, 0.4) is 0 Å². The predicted molar refractivity (Wildman–Crippen MR) is 101 cm³/mol. The van der Waals surface area contributed by atoms with Crippen molar-refractivity contribution in [2.45, 2.75) is 32.2 Å². The molecule has 0 saturated heterocycles. The van der Waals surface area contributed by atoms with Crippen LogP contribution in [0.5, 0.6) is 11.5 Å². The second-order valence-corrected chi connectivity index (χ2v) is 6.67. The van der Waals surface area contributed by atoms with E-state index < -0.39 is 0 Å². The van der Waals surface area contributed by atoms with Gasteiger partial charge in [-0.1, -0.05) is 24.3 Å². The molecule has 0 spiro atoms. The van der Waals surface area contributed by atoms with E-state index in [0.29, 0.717) is 13.0 Å². The third kappa shape index (κ3) is 2.85. The fourth-order valence-corrected chi connectivity index (χ4v) is 4.07. The maximum atomic E-state index is 12.5. The molecule has 0 fully saturated rings. The monoisotopic (exact) mass is 349 g/mol. The van der Waals surface area contributed by atoms with Crippen molar-refractivity contribution in [1.29, 1.82) is 0 Å². The first-order valence-electron chi connectivity index (χ1n) is 9.11. The molecule has 26 heavy (non-hydrogen) atoms. The first-order valence-corrected chi connectivity index (χ1v) is 9.11. The number of fused-ring (bicyclic) bond motifs is 2. The van der Waals surface area contributed by atoms with Crippen LogP contribution in [-0.2, 0) is 11.2 Å². The van der Waals surface area contributed by atoms with E-state index in [9.17, 15) is 4.79 Å². The highest BCUT2D eigenvalue weighted by Crippen LogP contribution is 2.44. The molecule has 2 aromatic rings. The quantitative estimate of drug-likeness (QED) is 0.906. The summed E-state index contributed by atoms with van der Waals surface area (Å²) in [5.41, 5.74) is 5.92. The number of rotatable bonds is 4. The van der Waals surface area contributed by atoms with Gasteiger partial charge in [0, 0.05) is 5.56 Å². The molecule has 1 amide bonds. The SMILES string of the molecule is CCOc1cccc2c1CCC1=C2CC(=O)NC1c1cccc(OC)c1. The van der Waals surface area contributed by atoms with E-state index in [1.807, 2.05) is 37.3 Å². The number of amides is 1. The van der Waals surface area contributed by atoms with E-state index in [-0.39, 0.29) is 11.9 Å². The fraction of sp³-hybridized carbons (Fsp3) is 0.318. The van der Waals surface area contributed by atoms with Crippen LogP contribution in [0.2, 0.25) is 0 Å². The van der Waals surface area contributed by atoms with Crippen LogP contribution in [-0.4, -0.2) is 19.6 Å². The molecule has 0 radical (unpaired) electrons. The average molecular weight is 349 g/mol. The fourth-order valence-electron chi connectivity index (χ4n) is 4.07. The van der Waals surface area contributed by atoms with Crippen LogP contribution < -0.4 is 14.8 Å². The van der Waals surface area contributed by atoms with Gasteiger partial charge in [-0.25, -0.2) is 0 Å². The molecule has 0 aromatic heterocycles. The lowest BCUT2D eigenvalue weighted by Crippen LogP contribution is -2.35. The van der Waals surface area contributed by atoms with Crippen molar-refractivity contribution in [3.63, 3.8) is 0 Å². The van der Waals surface area contributed by atoms with E-state index in [0.717, 1.165) is 35.5 Å². The van der Waals surface area contributed by atoms with Crippen molar-refractivity contribution in [2.75, 3.05) is 13.7 Å². The van der Waals surface area contributed by atoms with Gasteiger partial charge in [0.25, 0.3) is 0 Å². The lowest BCUT2D eigenvalue weighted by Gasteiger charge is -2.34. The molecule has 1 N–H and O–H groups in total. The molecule has 134 valence electrons. The highest BCUT2D eigenvalue weighted by Gasteiger charge is 2.33. The topological polar surface area (TPSA) is 47.6 Å². The van der Waals surface area contributed by atoms with Crippen molar-refractivity contribution in [1.82, 2.24) is 5.32 Å². The smallest absolute Gasteiger partial charge is 0.225 e. The number of carbonyl (C=O) groups excluding carboxylic acids is 1. The van der Waals surface area contributed by atoms with Crippen LogP contribution in [0.25, 0.3) is 5.57 Å². The summed E-state index contributed by atoms with van der Waals surface area (Å²) in [6.07, 6.45) is 2.29. The summed E-state index contributed by atoms with van der Waals surface area (Å²) in [5, 5.41) is 3.17. The highest BCUT2D eigenvalue weighted by molar-refractivity contribution is 5.94. The Balaban J connectivity index is 1.81. The maximum Gasteiger partial charge on any atom is 0.225 e. The second-order valence-electron chi connectivity index (χ2n) is 6.67. The maximum absolute atomic E-state index is 12.5. The predicted octanol–water partition coefficient (Wildman–Crippen LogP) is 4.05. The third-order valence-electron chi connectivity index (χ3n) is 5.21. The summed E-state index contributed by atoms with van der Waals surface area (Å²) in [4.78, 5) is 12.5. The standard InChI is InChI=1S/C22H23NO3/c1-3-26-20-9-5-8-16-17(20)10-11-18-19(16)13-21(24)23-22(18)14-6-4-7-15(12-14)25-2/h4-9,12,22H,3,10-11,13H2,1-2H3,(H,23,24). The van der Waals surface area contributed by atoms with Gasteiger partial charge in [0.05, 0.1) is 26.2 Å².